The van der Waals surface area contributed by atoms with E-state index in [1.54, 1.807) is 0 Å². The number of pyridine rings is 1. The Kier molecular flexibility index (Phi) is 4.44. The van der Waals surface area contributed by atoms with Gasteiger partial charge >= 0.3 is 5.97 Å². The SMILES string of the molecule is COC(=O)c1cc(-c2ccc(-n3c4ccccc4c4ccccc43)cc2)nc2ccccc12. The van der Waals surface area contributed by atoms with Crippen LogP contribution in [0.3, 0.4) is 0 Å². The minimum atomic E-state index is -0.364. The van der Waals surface area contributed by atoms with Crippen LogP contribution in [0.5, 0.6) is 0 Å². The molecule has 0 bridgehead atoms. The van der Waals surface area contributed by atoms with Crippen molar-refractivity contribution in [2.24, 2.45) is 0 Å². The highest BCUT2D eigenvalue weighted by atomic mass is 16.5. The number of para-hydroxylation sites is 3. The van der Waals surface area contributed by atoms with Crippen LogP contribution in [-0.2, 0) is 4.74 Å². The summed E-state index contributed by atoms with van der Waals surface area (Å²) in [5, 5.41) is 3.25. The number of nitrogens with zero attached hydrogens (tertiary/aromatic N) is 2. The summed E-state index contributed by atoms with van der Waals surface area (Å²) in [6, 6.07) is 34.7. The van der Waals surface area contributed by atoms with E-state index in [1.165, 1.54) is 28.9 Å². The molecule has 0 saturated carbocycles. The predicted octanol–water partition coefficient (Wildman–Crippen LogP) is 6.79. The Hall–Kier alpha value is -4.44. The second kappa shape index (κ2) is 7.61. The number of ether oxygens (including phenoxy) is 1. The number of hydrogen-bond donors (Lipinski definition) is 0. The first-order valence-corrected chi connectivity index (χ1v) is 10.8. The molecule has 0 saturated heterocycles. The van der Waals surface area contributed by atoms with Crippen molar-refractivity contribution in [3.63, 3.8) is 0 Å². The minimum absolute atomic E-state index is 0.364. The molecule has 0 N–H and O–H groups in total. The van der Waals surface area contributed by atoms with Crippen molar-refractivity contribution < 1.29 is 9.53 Å². The molecule has 0 amide bonds. The maximum atomic E-state index is 12.4. The van der Waals surface area contributed by atoms with Crippen LogP contribution in [0.1, 0.15) is 10.4 Å². The van der Waals surface area contributed by atoms with E-state index in [0.717, 1.165) is 27.8 Å². The molecule has 4 aromatic carbocycles. The number of rotatable bonds is 3. The summed E-state index contributed by atoms with van der Waals surface area (Å²) in [6.07, 6.45) is 0. The molecule has 0 aliphatic rings. The zero-order chi connectivity index (χ0) is 22.4. The first-order chi connectivity index (χ1) is 16.2. The number of benzene rings is 4. The van der Waals surface area contributed by atoms with Gasteiger partial charge in [0.1, 0.15) is 0 Å². The Morgan fingerprint density at radius 1 is 0.727 bits per heavy atom. The predicted molar refractivity (Wildman–Crippen MR) is 133 cm³/mol. The van der Waals surface area contributed by atoms with Crippen LogP contribution >= 0.6 is 0 Å². The largest absolute Gasteiger partial charge is 0.465 e. The van der Waals surface area contributed by atoms with Crippen molar-refractivity contribution in [2.75, 3.05) is 7.11 Å². The van der Waals surface area contributed by atoms with Crippen LogP contribution in [-0.4, -0.2) is 22.6 Å². The second-order valence-corrected chi connectivity index (χ2v) is 7.98. The monoisotopic (exact) mass is 428 g/mol. The zero-order valence-electron chi connectivity index (χ0n) is 18.0. The molecule has 6 aromatic rings. The van der Waals surface area contributed by atoms with Crippen molar-refractivity contribution in [3.8, 4) is 16.9 Å². The number of methoxy groups -OCH3 is 1. The number of carbonyl (C=O) groups excluding carboxylic acids is 1. The van der Waals surface area contributed by atoms with E-state index in [2.05, 4.69) is 77.4 Å². The molecule has 33 heavy (non-hydrogen) atoms. The van der Waals surface area contributed by atoms with E-state index in [0.29, 0.717) is 5.56 Å². The lowest BCUT2D eigenvalue weighted by Crippen LogP contribution is -2.03. The first-order valence-electron chi connectivity index (χ1n) is 10.8. The highest BCUT2D eigenvalue weighted by Gasteiger charge is 2.15. The maximum Gasteiger partial charge on any atom is 0.338 e. The number of aromatic nitrogens is 2. The third-order valence-electron chi connectivity index (χ3n) is 6.12. The second-order valence-electron chi connectivity index (χ2n) is 7.98. The summed E-state index contributed by atoms with van der Waals surface area (Å²) in [4.78, 5) is 17.2. The molecule has 0 aliphatic heterocycles. The summed E-state index contributed by atoms with van der Waals surface area (Å²) in [5.74, 6) is -0.364. The summed E-state index contributed by atoms with van der Waals surface area (Å²) >= 11 is 0. The van der Waals surface area contributed by atoms with E-state index >= 15 is 0 Å². The fourth-order valence-electron chi connectivity index (χ4n) is 4.58. The van der Waals surface area contributed by atoms with Gasteiger partial charge in [-0.3, -0.25) is 0 Å². The minimum Gasteiger partial charge on any atom is -0.465 e. The van der Waals surface area contributed by atoms with Crippen LogP contribution in [0, 0.1) is 0 Å². The van der Waals surface area contributed by atoms with Gasteiger partial charge in [0.2, 0.25) is 0 Å². The summed E-state index contributed by atoms with van der Waals surface area (Å²) in [6.45, 7) is 0. The smallest absolute Gasteiger partial charge is 0.338 e. The Balaban J connectivity index is 1.50. The average Bonchev–Trinajstić information content (AvgIpc) is 3.22. The summed E-state index contributed by atoms with van der Waals surface area (Å²) < 4.78 is 7.29. The fourth-order valence-corrected chi connectivity index (χ4v) is 4.58. The molecule has 0 unspecified atom stereocenters. The van der Waals surface area contributed by atoms with E-state index in [-0.39, 0.29) is 5.97 Å². The molecule has 0 spiro atoms. The molecule has 0 atom stereocenters. The molecule has 4 heteroatoms. The number of hydrogen-bond acceptors (Lipinski definition) is 3. The lowest BCUT2D eigenvalue weighted by molar-refractivity contribution is 0.0603. The van der Waals surface area contributed by atoms with Crippen LogP contribution in [0.25, 0.3) is 49.7 Å². The molecule has 158 valence electrons. The van der Waals surface area contributed by atoms with Crippen molar-refractivity contribution >= 4 is 38.7 Å². The Bertz CT molecular complexity index is 1610. The molecule has 2 heterocycles. The number of carbonyl (C=O) groups is 1. The quantitative estimate of drug-likeness (QED) is 0.292. The molecule has 0 radical (unpaired) electrons. The Morgan fingerprint density at radius 3 is 1.94 bits per heavy atom. The van der Waals surface area contributed by atoms with Gasteiger partial charge in [-0.15, -0.1) is 0 Å². The summed E-state index contributed by atoms with van der Waals surface area (Å²) in [7, 11) is 1.40. The third kappa shape index (κ3) is 3.07. The Morgan fingerprint density at radius 2 is 1.30 bits per heavy atom. The first kappa shape index (κ1) is 19.3. The third-order valence-corrected chi connectivity index (χ3v) is 6.12. The molecule has 2 aromatic heterocycles. The van der Waals surface area contributed by atoms with E-state index < -0.39 is 0 Å². The van der Waals surface area contributed by atoms with Crippen LogP contribution in [0.4, 0.5) is 0 Å². The van der Waals surface area contributed by atoms with Crippen molar-refractivity contribution in [1.82, 2.24) is 9.55 Å². The van der Waals surface area contributed by atoms with Crippen molar-refractivity contribution in [3.05, 3.63) is 109 Å². The van der Waals surface area contributed by atoms with Gasteiger partial charge < -0.3 is 9.30 Å². The number of esters is 1. The van der Waals surface area contributed by atoms with Gasteiger partial charge in [0.25, 0.3) is 0 Å². The highest BCUT2D eigenvalue weighted by molar-refractivity contribution is 6.09. The Labute approximate surface area is 190 Å². The van der Waals surface area contributed by atoms with Gasteiger partial charge in [-0.25, -0.2) is 9.78 Å². The van der Waals surface area contributed by atoms with E-state index in [1.807, 2.05) is 30.3 Å². The number of fused-ring (bicyclic) bond motifs is 4. The van der Waals surface area contributed by atoms with Gasteiger partial charge in [-0.2, -0.15) is 0 Å². The summed E-state index contributed by atoms with van der Waals surface area (Å²) in [5.41, 5.74) is 6.38. The van der Waals surface area contributed by atoms with Crippen LogP contribution in [0.2, 0.25) is 0 Å². The normalized spacial score (nSPS) is 11.3. The molecule has 0 fully saturated rings. The topological polar surface area (TPSA) is 44.1 Å². The highest BCUT2D eigenvalue weighted by Crippen LogP contribution is 2.33. The van der Waals surface area contributed by atoms with Gasteiger partial charge in [-0.1, -0.05) is 66.7 Å². The molecule has 4 nitrogen and oxygen atoms in total. The fraction of sp³-hybridized carbons (Fsp3) is 0.0345. The van der Waals surface area contributed by atoms with Gasteiger partial charge in [-0.05, 0) is 36.4 Å². The standard InChI is InChI=1S/C29H20N2O2/c1-33-29(32)24-18-26(30-25-11-5-2-8-21(24)25)19-14-16-20(17-15-19)31-27-12-6-3-9-22(27)23-10-4-7-13-28(23)31/h2-18H,1H3. The van der Waals surface area contributed by atoms with E-state index in [9.17, 15) is 4.79 Å². The van der Waals surface area contributed by atoms with E-state index in [4.69, 9.17) is 9.72 Å². The van der Waals surface area contributed by atoms with Gasteiger partial charge in [0.15, 0.2) is 0 Å². The lowest BCUT2D eigenvalue weighted by Gasteiger charge is -2.11. The molecular weight excluding hydrogens is 408 g/mol. The molecular formula is C29H20N2O2. The maximum absolute atomic E-state index is 12.4. The van der Waals surface area contributed by atoms with Crippen molar-refractivity contribution in [1.29, 1.82) is 0 Å². The van der Waals surface area contributed by atoms with Crippen molar-refractivity contribution in [2.45, 2.75) is 0 Å². The molecule has 6 rings (SSSR count). The lowest BCUT2D eigenvalue weighted by atomic mass is 10.0. The zero-order valence-corrected chi connectivity index (χ0v) is 18.0. The van der Waals surface area contributed by atoms with Gasteiger partial charge in [0, 0.05) is 27.4 Å². The van der Waals surface area contributed by atoms with Crippen LogP contribution in [0.15, 0.2) is 103 Å². The van der Waals surface area contributed by atoms with Gasteiger partial charge in [0.05, 0.1) is 34.9 Å². The average molecular weight is 428 g/mol. The molecule has 0 aliphatic carbocycles. The van der Waals surface area contributed by atoms with Crippen LogP contribution < -0.4 is 0 Å².